The fourth-order valence-corrected chi connectivity index (χ4v) is 2.25. The van der Waals surface area contributed by atoms with Gasteiger partial charge in [0.1, 0.15) is 0 Å². The lowest BCUT2D eigenvalue weighted by atomic mass is 9.85. The second kappa shape index (κ2) is 7.41. The van der Waals surface area contributed by atoms with Gasteiger partial charge in [-0.1, -0.05) is 58.3 Å². The van der Waals surface area contributed by atoms with E-state index in [1.165, 1.54) is 57.8 Å². The Kier molecular flexibility index (Phi) is 6.31. The van der Waals surface area contributed by atoms with Crippen molar-refractivity contribution in [3.63, 3.8) is 0 Å². The Morgan fingerprint density at radius 2 is 1.69 bits per heavy atom. The van der Waals surface area contributed by atoms with Gasteiger partial charge in [-0.25, -0.2) is 0 Å². The number of hydrogen-bond acceptors (Lipinski definition) is 0. The second-order valence-corrected chi connectivity index (χ2v) is 4.37. The van der Waals surface area contributed by atoms with Crippen LogP contribution in [0.4, 0.5) is 0 Å². The van der Waals surface area contributed by atoms with Crippen molar-refractivity contribution in [1.29, 1.82) is 0 Å². The summed E-state index contributed by atoms with van der Waals surface area (Å²) in [5, 5.41) is 0. The first-order chi connectivity index (χ1) is 6.43. The summed E-state index contributed by atoms with van der Waals surface area (Å²) in [7, 11) is 0. The molecule has 0 unspecified atom stereocenters. The maximum Gasteiger partial charge on any atom is -0.0386 e. The average Bonchev–Trinajstić information content (AvgIpc) is 2.19. The summed E-state index contributed by atoms with van der Waals surface area (Å²) in [4.78, 5) is 0. The van der Waals surface area contributed by atoms with E-state index in [0.717, 1.165) is 12.3 Å². The first-order valence-corrected chi connectivity index (χ1v) is 6.04. The van der Waals surface area contributed by atoms with Crippen molar-refractivity contribution in [1.82, 2.24) is 0 Å². The van der Waals surface area contributed by atoms with Crippen LogP contribution in [-0.4, -0.2) is 0 Å². The second-order valence-electron chi connectivity index (χ2n) is 4.37. The van der Waals surface area contributed by atoms with E-state index in [1.54, 1.807) is 0 Å². The van der Waals surface area contributed by atoms with Crippen LogP contribution >= 0.6 is 0 Å². The van der Waals surface area contributed by atoms with Gasteiger partial charge in [-0.05, 0) is 25.2 Å². The molecule has 0 heteroatoms. The molecule has 0 bridgehead atoms. The minimum atomic E-state index is 1.06. The fourth-order valence-electron chi connectivity index (χ4n) is 2.25. The van der Waals surface area contributed by atoms with Gasteiger partial charge in [0.05, 0.1) is 0 Å². The topological polar surface area (TPSA) is 0 Å². The van der Waals surface area contributed by atoms with Crippen molar-refractivity contribution in [2.24, 2.45) is 5.92 Å². The van der Waals surface area contributed by atoms with Crippen LogP contribution in [0.1, 0.15) is 64.2 Å². The summed E-state index contributed by atoms with van der Waals surface area (Å²) in [5.74, 6) is 1.06. The zero-order valence-corrected chi connectivity index (χ0v) is 8.93. The molecule has 0 nitrogen and oxygen atoms in total. The van der Waals surface area contributed by atoms with Crippen molar-refractivity contribution >= 4 is 0 Å². The van der Waals surface area contributed by atoms with Gasteiger partial charge >= 0.3 is 0 Å². The Hall–Kier alpha value is 0. The summed E-state index contributed by atoms with van der Waals surface area (Å²) in [5.41, 5.74) is 0. The molecule has 0 aromatic rings. The zero-order chi connectivity index (χ0) is 9.36. The predicted molar refractivity (Wildman–Crippen MR) is 59.3 cm³/mol. The lowest BCUT2D eigenvalue weighted by Gasteiger charge is -2.20. The summed E-state index contributed by atoms with van der Waals surface area (Å²) in [6, 6.07) is 0. The molecule has 76 valence electrons. The molecule has 1 fully saturated rings. The van der Waals surface area contributed by atoms with E-state index in [9.17, 15) is 0 Å². The van der Waals surface area contributed by atoms with Crippen molar-refractivity contribution in [3.8, 4) is 0 Å². The van der Waals surface area contributed by atoms with Gasteiger partial charge < -0.3 is 0 Å². The van der Waals surface area contributed by atoms with Crippen LogP contribution < -0.4 is 0 Å². The van der Waals surface area contributed by atoms with Gasteiger partial charge in [0.2, 0.25) is 0 Å². The summed E-state index contributed by atoms with van der Waals surface area (Å²) in [6.45, 7) is 3.87. The van der Waals surface area contributed by atoms with E-state index in [-0.39, 0.29) is 0 Å². The van der Waals surface area contributed by atoms with Crippen LogP contribution in [0.25, 0.3) is 0 Å². The van der Waals surface area contributed by atoms with E-state index in [2.05, 4.69) is 13.3 Å². The molecule has 0 spiro atoms. The van der Waals surface area contributed by atoms with Gasteiger partial charge in [0, 0.05) is 0 Å². The first kappa shape index (κ1) is 11.1. The minimum absolute atomic E-state index is 1.06. The van der Waals surface area contributed by atoms with Crippen molar-refractivity contribution in [2.75, 3.05) is 0 Å². The molecule has 0 aromatic carbocycles. The smallest absolute Gasteiger partial charge is 0.0386 e. The average molecular weight is 180 g/mol. The molecular formula is C13H24. The van der Waals surface area contributed by atoms with Gasteiger partial charge in [-0.3, -0.25) is 0 Å². The van der Waals surface area contributed by atoms with E-state index < -0.39 is 0 Å². The van der Waals surface area contributed by atoms with Crippen LogP contribution in [0, 0.1) is 19.3 Å². The number of rotatable bonds is 6. The fraction of sp³-hybridized carbons (Fsp3) is 0.846. The molecule has 1 rings (SSSR count). The Labute approximate surface area is 84.1 Å². The predicted octanol–water partition coefficient (Wildman–Crippen LogP) is 4.56. The molecule has 0 atom stereocenters. The van der Waals surface area contributed by atoms with Crippen LogP contribution in [0.5, 0.6) is 0 Å². The van der Waals surface area contributed by atoms with Crippen molar-refractivity contribution in [2.45, 2.75) is 64.2 Å². The van der Waals surface area contributed by atoms with Crippen molar-refractivity contribution in [3.05, 3.63) is 13.3 Å². The third kappa shape index (κ3) is 5.33. The molecule has 0 N–H and O–H groups in total. The Morgan fingerprint density at radius 3 is 2.38 bits per heavy atom. The molecule has 0 amide bonds. The molecule has 1 aliphatic rings. The van der Waals surface area contributed by atoms with E-state index in [4.69, 9.17) is 0 Å². The Morgan fingerprint density at radius 1 is 1.00 bits per heavy atom. The highest BCUT2D eigenvalue weighted by Gasteiger charge is 2.12. The van der Waals surface area contributed by atoms with Crippen molar-refractivity contribution < 1.29 is 0 Å². The highest BCUT2D eigenvalue weighted by Crippen LogP contribution is 2.27. The molecule has 0 heterocycles. The molecule has 1 saturated carbocycles. The quantitative estimate of drug-likeness (QED) is 0.526. The van der Waals surface area contributed by atoms with Gasteiger partial charge in [0.25, 0.3) is 0 Å². The van der Waals surface area contributed by atoms with Gasteiger partial charge in [-0.2, -0.15) is 0 Å². The molecule has 0 aliphatic heterocycles. The zero-order valence-electron chi connectivity index (χ0n) is 8.93. The van der Waals surface area contributed by atoms with E-state index in [0.29, 0.717) is 0 Å². The SMILES string of the molecule is [CH2]CCCCCCC1CC[CH]CC1. The minimum Gasteiger partial charge on any atom is -0.0533 e. The third-order valence-electron chi connectivity index (χ3n) is 3.17. The Bertz CT molecular complexity index is 101. The third-order valence-corrected chi connectivity index (χ3v) is 3.17. The van der Waals surface area contributed by atoms with Gasteiger partial charge in [0.15, 0.2) is 0 Å². The lowest BCUT2D eigenvalue weighted by molar-refractivity contribution is 0.365. The van der Waals surface area contributed by atoms with E-state index >= 15 is 0 Å². The van der Waals surface area contributed by atoms with Crippen LogP contribution in [-0.2, 0) is 0 Å². The highest BCUT2D eigenvalue weighted by molar-refractivity contribution is 4.76. The number of unbranched alkanes of at least 4 members (excludes halogenated alkanes) is 4. The highest BCUT2D eigenvalue weighted by atomic mass is 14.2. The molecule has 13 heavy (non-hydrogen) atoms. The van der Waals surface area contributed by atoms with E-state index in [1.807, 2.05) is 0 Å². The maximum atomic E-state index is 3.87. The number of hydrogen-bond donors (Lipinski definition) is 0. The molecule has 0 aromatic heterocycles. The Balaban J connectivity index is 1.86. The van der Waals surface area contributed by atoms with Crippen LogP contribution in [0.15, 0.2) is 0 Å². The molecule has 1 aliphatic carbocycles. The molecule has 2 radical (unpaired) electrons. The largest absolute Gasteiger partial charge is 0.0533 e. The molecule has 0 saturated heterocycles. The standard InChI is InChI=1S/C13H24/c1-2-3-4-5-7-10-13-11-8-6-9-12-13/h6,13H,1-5,7-12H2. The summed E-state index contributed by atoms with van der Waals surface area (Å²) >= 11 is 0. The van der Waals surface area contributed by atoms with Gasteiger partial charge in [-0.15, -0.1) is 0 Å². The summed E-state index contributed by atoms with van der Waals surface area (Å²) < 4.78 is 0. The maximum absolute atomic E-state index is 3.87. The summed E-state index contributed by atoms with van der Waals surface area (Å²) in [6.07, 6.45) is 16.4. The van der Waals surface area contributed by atoms with Crippen LogP contribution in [0.2, 0.25) is 0 Å². The normalized spacial score (nSPS) is 19.2. The first-order valence-electron chi connectivity index (χ1n) is 6.04. The lowest BCUT2D eigenvalue weighted by Crippen LogP contribution is -2.06. The monoisotopic (exact) mass is 180 g/mol. The molecular weight excluding hydrogens is 156 g/mol. The van der Waals surface area contributed by atoms with Crippen LogP contribution in [0.3, 0.4) is 0 Å².